The summed E-state index contributed by atoms with van der Waals surface area (Å²) in [5, 5.41) is 8.12. The molecule has 1 aromatic rings. The molecule has 29 heavy (non-hydrogen) atoms. The molecule has 0 radical (unpaired) electrons. The van der Waals surface area contributed by atoms with Gasteiger partial charge in [-0.15, -0.1) is 0 Å². The maximum Gasteiger partial charge on any atom is 0.191 e. The number of nitrogens with one attached hydrogen (secondary N) is 2. The van der Waals surface area contributed by atoms with E-state index in [1.807, 2.05) is 18.2 Å². The third-order valence-electron chi connectivity index (χ3n) is 6.72. The second-order valence-corrected chi connectivity index (χ2v) is 9.34. The van der Waals surface area contributed by atoms with Gasteiger partial charge in [-0.2, -0.15) is 0 Å². The number of guanidine groups is 1. The number of ether oxygens (including phenoxy) is 2. The minimum absolute atomic E-state index is 0.132. The second kappa shape index (κ2) is 8.23. The van der Waals surface area contributed by atoms with Gasteiger partial charge in [-0.25, -0.2) is 0 Å². The predicted octanol–water partition coefficient (Wildman–Crippen LogP) is 3.30. The van der Waals surface area contributed by atoms with E-state index in [1.54, 1.807) is 7.11 Å². The molecule has 7 heteroatoms. The molecule has 2 heterocycles. The molecule has 0 bridgehead atoms. The quantitative estimate of drug-likeness (QED) is 0.565. The number of halogens is 1. The average molecular weight is 421 g/mol. The Bertz CT molecular complexity index is 769. The molecule has 4 rings (SSSR count). The fourth-order valence-corrected chi connectivity index (χ4v) is 5.42. The van der Waals surface area contributed by atoms with Gasteiger partial charge in [0.15, 0.2) is 5.96 Å². The summed E-state index contributed by atoms with van der Waals surface area (Å²) in [5.41, 5.74) is 1.19. The average Bonchev–Trinajstić information content (AvgIpc) is 3.34. The van der Waals surface area contributed by atoms with E-state index in [0.29, 0.717) is 24.1 Å². The molecule has 2 N–H and O–H groups in total. The molecular formula is C22H33ClN4O2. The van der Waals surface area contributed by atoms with Crippen LogP contribution in [0.5, 0.6) is 5.75 Å². The van der Waals surface area contributed by atoms with Crippen LogP contribution in [-0.4, -0.2) is 57.5 Å². The molecule has 1 saturated carbocycles. The number of benzene rings is 1. The highest BCUT2D eigenvalue weighted by molar-refractivity contribution is 6.30. The minimum atomic E-state index is 0.132. The SMILES string of the molecule is CCN=C(NC1CCN(c2cc(Cl)ccc2OC)C1)NC1C2CCOC2C1(C)C. The van der Waals surface area contributed by atoms with Crippen molar-refractivity contribution in [2.45, 2.75) is 51.8 Å². The van der Waals surface area contributed by atoms with Crippen molar-refractivity contribution in [1.82, 2.24) is 10.6 Å². The van der Waals surface area contributed by atoms with Crippen molar-refractivity contribution < 1.29 is 9.47 Å². The summed E-state index contributed by atoms with van der Waals surface area (Å²) in [7, 11) is 1.70. The maximum atomic E-state index is 6.23. The second-order valence-electron chi connectivity index (χ2n) is 8.90. The van der Waals surface area contributed by atoms with Gasteiger partial charge in [0.2, 0.25) is 0 Å². The lowest BCUT2D eigenvalue weighted by molar-refractivity contribution is -0.106. The summed E-state index contributed by atoms with van der Waals surface area (Å²) >= 11 is 6.23. The van der Waals surface area contributed by atoms with E-state index >= 15 is 0 Å². The lowest BCUT2D eigenvalue weighted by Crippen LogP contribution is -2.68. The van der Waals surface area contributed by atoms with Crippen LogP contribution in [0.15, 0.2) is 23.2 Å². The van der Waals surface area contributed by atoms with Gasteiger partial charge >= 0.3 is 0 Å². The molecule has 0 amide bonds. The van der Waals surface area contributed by atoms with Gasteiger partial charge in [0, 0.05) is 54.7 Å². The smallest absolute Gasteiger partial charge is 0.191 e. The van der Waals surface area contributed by atoms with Gasteiger partial charge < -0.3 is 25.0 Å². The van der Waals surface area contributed by atoms with Gasteiger partial charge in [-0.1, -0.05) is 25.4 Å². The Kier molecular flexibility index (Phi) is 5.85. The minimum Gasteiger partial charge on any atom is -0.495 e. The molecule has 1 aromatic carbocycles. The lowest BCUT2D eigenvalue weighted by atomic mass is 9.57. The van der Waals surface area contributed by atoms with Crippen molar-refractivity contribution in [3.05, 3.63) is 23.2 Å². The summed E-state index contributed by atoms with van der Waals surface area (Å²) < 4.78 is 11.5. The van der Waals surface area contributed by atoms with E-state index < -0.39 is 0 Å². The number of hydrogen-bond acceptors (Lipinski definition) is 4. The largest absolute Gasteiger partial charge is 0.495 e. The lowest BCUT2D eigenvalue weighted by Gasteiger charge is -2.55. The normalized spacial score (nSPS) is 30.7. The van der Waals surface area contributed by atoms with E-state index in [0.717, 1.165) is 61.5 Å². The summed E-state index contributed by atoms with van der Waals surface area (Å²) in [5.74, 6) is 2.37. The van der Waals surface area contributed by atoms with Gasteiger partial charge in [0.1, 0.15) is 5.75 Å². The van der Waals surface area contributed by atoms with Crippen molar-refractivity contribution in [3.63, 3.8) is 0 Å². The number of aliphatic imine (C=N–C) groups is 1. The van der Waals surface area contributed by atoms with Gasteiger partial charge in [-0.05, 0) is 38.0 Å². The first kappa shape index (κ1) is 20.6. The van der Waals surface area contributed by atoms with E-state index in [1.165, 1.54) is 0 Å². The van der Waals surface area contributed by atoms with E-state index in [-0.39, 0.29) is 5.41 Å². The molecule has 3 fully saturated rings. The van der Waals surface area contributed by atoms with Crippen LogP contribution < -0.4 is 20.3 Å². The Hall–Kier alpha value is -1.66. The highest BCUT2D eigenvalue weighted by Crippen LogP contribution is 2.52. The molecule has 4 atom stereocenters. The van der Waals surface area contributed by atoms with Gasteiger partial charge in [-0.3, -0.25) is 4.99 Å². The number of anilines is 1. The number of nitrogens with zero attached hydrogens (tertiary/aromatic N) is 2. The molecule has 6 nitrogen and oxygen atoms in total. The van der Waals surface area contributed by atoms with E-state index in [9.17, 15) is 0 Å². The Balaban J connectivity index is 1.40. The third kappa shape index (κ3) is 3.89. The first-order valence-corrected chi connectivity index (χ1v) is 11.1. The molecule has 1 aliphatic carbocycles. The van der Waals surface area contributed by atoms with E-state index in [4.69, 9.17) is 26.1 Å². The zero-order valence-corrected chi connectivity index (χ0v) is 18.6. The van der Waals surface area contributed by atoms with Gasteiger partial charge in [0.25, 0.3) is 0 Å². The monoisotopic (exact) mass is 420 g/mol. The number of rotatable bonds is 5. The summed E-state index contributed by atoms with van der Waals surface area (Å²) in [4.78, 5) is 7.06. The standard InChI is InChI=1S/C22H33ClN4O2/c1-5-24-21(26-19-16-9-11-29-20(16)22(19,2)3)25-15-8-10-27(13-15)17-12-14(23)6-7-18(17)28-4/h6-7,12,15-16,19-20H,5,8-11,13H2,1-4H3,(H2,24,25,26). The van der Waals surface area contributed by atoms with Crippen LogP contribution in [0.25, 0.3) is 0 Å². The molecule has 0 spiro atoms. The fourth-order valence-electron chi connectivity index (χ4n) is 5.26. The first-order chi connectivity index (χ1) is 13.9. The summed E-state index contributed by atoms with van der Waals surface area (Å²) in [6.45, 7) is 10.2. The number of fused-ring (bicyclic) bond motifs is 1. The Morgan fingerprint density at radius 3 is 2.93 bits per heavy atom. The van der Waals surface area contributed by atoms with Crippen LogP contribution in [0.4, 0.5) is 5.69 Å². The van der Waals surface area contributed by atoms with Crippen LogP contribution in [0.1, 0.15) is 33.6 Å². The van der Waals surface area contributed by atoms with Crippen LogP contribution in [0.3, 0.4) is 0 Å². The molecule has 2 aliphatic heterocycles. The molecule has 160 valence electrons. The number of hydrogen-bond donors (Lipinski definition) is 2. The zero-order chi connectivity index (χ0) is 20.6. The maximum absolute atomic E-state index is 6.23. The number of methoxy groups -OCH3 is 1. The van der Waals surface area contributed by atoms with Crippen molar-refractivity contribution in [1.29, 1.82) is 0 Å². The molecule has 2 saturated heterocycles. The van der Waals surface area contributed by atoms with Crippen molar-refractivity contribution in [2.24, 2.45) is 16.3 Å². The zero-order valence-electron chi connectivity index (χ0n) is 17.9. The van der Waals surface area contributed by atoms with Crippen LogP contribution in [0, 0.1) is 11.3 Å². The third-order valence-corrected chi connectivity index (χ3v) is 6.95. The first-order valence-electron chi connectivity index (χ1n) is 10.7. The van der Waals surface area contributed by atoms with Crippen LogP contribution in [-0.2, 0) is 4.74 Å². The molecule has 4 unspecified atom stereocenters. The summed E-state index contributed by atoms with van der Waals surface area (Å²) in [6.07, 6.45) is 2.56. The Morgan fingerprint density at radius 1 is 1.34 bits per heavy atom. The van der Waals surface area contributed by atoms with E-state index in [2.05, 4.69) is 36.3 Å². The van der Waals surface area contributed by atoms with Crippen molar-refractivity contribution in [3.8, 4) is 5.75 Å². The molecular weight excluding hydrogens is 388 g/mol. The molecule has 0 aromatic heterocycles. The topological polar surface area (TPSA) is 58.1 Å². The van der Waals surface area contributed by atoms with Crippen molar-refractivity contribution >= 4 is 23.2 Å². The molecule has 3 aliphatic rings. The Morgan fingerprint density at radius 2 is 2.17 bits per heavy atom. The highest BCUT2D eigenvalue weighted by Gasteiger charge is 2.59. The van der Waals surface area contributed by atoms with Crippen LogP contribution in [0.2, 0.25) is 5.02 Å². The van der Waals surface area contributed by atoms with Crippen molar-refractivity contribution in [2.75, 3.05) is 38.3 Å². The predicted molar refractivity (Wildman–Crippen MR) is 118 cm³/mol. The summed E-state index contributed by atoms with van der Waals surface area (Å²) in [6, 6.07) is 6.52. The fraction of sp³-hybridized carbons (Fsp3) is 0.682. The van der Waals surface area contributed by atoms with Gasteiger partial charge in [0.05, 0.1) is 18.9 Å². The Labute approximate surface area is 179 Å². The van der Waals surface area contributed by atoms with Crippen LogP contribution >= 0.6 is 11.6 Å². The highest BCUT2D eigenvalue weighted by atomic mass is 35.5.